The summed E-state index contributed by atoms with van der Waals surface area (Å²) in [5, 5.41) is 34.9. The number of carbonyl (C=O) groups is 6. The quantitative estimate of drug-likeness (QED) is 0.0202. The van der Waals surface area contributed by atoms with Crippen molar-refractivity contribution in [2.24, 2.45) is 40.4 Å². The molecule has 4 saturated heterocycles. The minimum absolute atomic E-state index is 0.0817. The number of alkyl carbamates (subject to hydrolysis) is 2. The summed E-state index contributed by atoms with van der Waals surface area (Å²) >= 11 is 0. The Morgan fingerprint density at radius 1 is 0.551 bits per heavy atom. The number of rotatable bonds is 18. The van der Waals surface area contributed by atoms with Crippen LogP contribution in [-0.2, 0) is 82.1 Å². The van der Waals surface area contributed by atoms with Crippen LogP contribution >= 0.6 is 0 Å². The third-order valence-electron chi connectivity index (χ3n) is 32.1. The van der Waals surface area contributed by atoms with Gasteiger partial charge in [-0.25, -0.2) is 27.2 Å². The van der Waals surface area contributed by atoms with Crippen LogP contribution in [-0.4, -0.2) is 270 Å². The second kappa shape index (κ2) is 32.6. The molecule has 6 N–H and O–H groups in total. The number of carbonyl (C=O) groups excluding carboxylic acids is 6. The summed E-state index contributed by atoms with van der Waals surface area (Å²) in [5.74, 6) is -9.62. The lowest BCUT2D eigenvalue weighted by Gasteiger charge is -2.64. The summed E-state index contributed by atoms with van der Waals surface area (Å²) < 4.78 is 109. The molecule has 26 nitrogen and oxygen atoms in total. The van der Waals surface area contributed by atoms with Crippen LogP contribution in [0, 0.1) is 40.4 Å². The van der Waals surface area contributed by atoms with E-state index in [1.54, 1.807) is 14.2 Å². The molecule has 2 unspecified atom stereocenters. The number of likely N-dealkylation sites (N-methyl/N-ethyl adjacent to an activating group) is 2. The second-order valence-corrected chi connectivity index (χ2v) is 39.2. The maximum absolute atomic E-state index is 15.4. The Morgan fingerprint density at radius 3 is 1.33 bits per heavy atom. The molecule has 4 aromatic carbocycles. The Labute approximate surface area is 739 Å². The molecule has 12 heterocycles. The summed E-state index contributed by atoms with van der Waals surface area (Å²) in [6.07, 6.45) is 8.71. The van der Waals surface area contributed by atoms with Crippen molar-refractivity contribution in [3.05, 3.63) is 142 Å². The van der Waals surface area contributed by atoms with Crippen LogP contribution in [0.5, 0.6) is 11.5 Å². The number of H-pyrrole nitrogens is 2. The van der Waals surface area contributed by atoms with E-state index in [-0.39, 0.29) is 88.3 Å². The Morgan fingerprint density at radius 2 is 0.961 bits per heavy atom. The number of hydrogen-bond acceptors (Lipinski definition) is 22. The summed E-state index contributed by atoms with van der Waals surface area (Å²) in [5.41, 5.74) is -1.18. The number of piperidine rings is 2. The molecule has 18 rings (SSSR count). The molecule has 127 heavy (non-hydrogen) atoms. The van der Waals surface area contributed by atoms with Crippen LogP contribution in [0.25, 0.3) is 21.8 Å². The largest absolute Gasteiger partial charge is 0.496 e. The van der Waals surface area contributed by atoms with E-state index in [0.29, 0.717) is 125 Å². The number of esters is 4. The minimum atomic E-state index is -2.93. The van der Waals surface area contributed by atoms with Gasteiger partial charge in [-0.3, -0.25) is 29.0 Å². The lowest BCUT2D eigenvalue weighted by molar-refractivity contribution is -0.217. The highest BCUT2D eigenvalue weighted by atomic mass is 19.3. The van der Waals surface area contributed by atoms with Gasteiger partial charge in [-0.15, -0.1) is 0 Å². The van der Waals surface area contributed by atoms with E-state index in [0.717, 1.165) is 69.3 Å². The van der Waals surface area contributed by atoms with Gasteiger partial charge in [0.15, 0.2) is 0 Å². The number of ether oxygens (including phenoxy) is 8. The zero-order valence-corrected chi connectivity index (χ0v) is 75.7. The zero-order chi connectivity index (χ0) is 90.6. The predicted molar refractivity (Wildman–Crippen MR) is 469 cm³/mol. The van der Waals surface area contributed by atoms with E-state index in [1.165, 1.54) is 35.2 Å². The van der Waals surface area contributed by atoms with Crippen LogP contribution < -0.4 is 29.9 Å². The van der Waals surface area contributed by atoms with Crippen molar-refractivity contribution in [3.63, 3.8) is 0 Å². The van der Waals surface area contributed by atoms with Gasteiger partial charge in [0, 0.05) is 194 Å². The van der Waals surface area contributed by atoms with Crippen molar-refractivity contribution in [2.75, 3.05) is 145 Å². The number of aliphatic hydroxyl groups is 2. The van der Waals surface area contributed by atoms with Gasteiger partial charge in [0.05, 0.1) is 67.3 Å². The molecule has 686 valence electrons. The van der Waals surface area contributed by atoms with Gasteiger partial charge in [0.2, 0.25) is 11.8 Å². The van der Waals surface area contributed by atoms with Crippen molar-refractivity contribution >= 4 is 69.2 Å². The fourth-order valence-electron chi connectivity index (χ4n) is 27.6. The Kier molecular flexibility index (Phi) is 23.0. The van der Waals surface area contributed by atoms with Crippen molar-refractivity contribution in [2.45, 2.75) is 201 Å². The van der Waals surface area contributed by atoms with Gasteiger partial charge in [0.25, 0.3) is 0 Å². The highest BCUT2D eigenvalue weighted by molar-refractivity contribution is 5.96. The van der Waals surface area contributed by atoms with Crippen LogP contribution in [0.15, 0.2) is 97.1 Å². The number of amides is 2. The maximum Gasteiger partial charge on any atom is 0.407 e. The number of hydrogen-bond donors (Lipinski definition) is 6. The van der Waals surface area contributed by atoms with E-state index in [4.69, 9.17) is 37.9 Å². The number of halogens is 4. The molecule has 6 aromatic rings. The fourth-order valence-corrected chi connectivity index (χ4v) is 27.6. The van der Waals surface area contributed by atoms with E-state index in [1.807, 2.05) is 112 Å². The monoisotopic (exact) mass is 1760 g/mol. The molecule has 0 radical (unpaired) electrons. The molecule has 2 aromatic heterocycles. The van der Waals surface area contributed by atoms with Crippen LogP contribution in [0.2, 0.25) is 0 Å². The first-order valence-electron chi connectivity index (χ1n) is 45.3. The molecular weight excluding hydrogens is 1640 g/mol. The smallest absolute Gasteiger partial charge is 0.407 e. The third-order valence-corrected chi connectivity index (χ3v) is 32.1. The van der Waals surface area contributed by atoms with Gasteiger partial charge in [-0.1, -0.05) is 88.4 Å². The standard InChI is InChI=1S/C50H65F2N5O8.C47H59F2N5O8/c1-9-47-16-12-18-57-20-17-48(41(47)57)35-22-36(39(62-7)23-38(35)55(6)42(48)50(61,43(47)65-30(4)58)28-53-45(60)64-27-29(2)3)49(44(59)63-8)24-31-21-32(46(5,51)52)26-56(25-31)19-15-34-33-13-10-11-14-37(33)54-40(34)49;1-8-44-15-11-17-54-19-16-45(38(44)54)32-21-33(36(59-5)22-35(32)52(4)39(45)47(58,26-50-42(57)61-7)40(44)62-27(2)55)46(41(56)60-6)23-28-20-29(43(3,48)49)25-53(24-28)18-14-31-30-12-9-10-13-34(30)51-37(31)46/h10-14,16,22-23,29,31-32,41-43,54,61H,9,15,17-21,24-28H2,1-8H3,(H,53,60);9-13,15,21-22,28-29,38-40,51,58H,8,14,16-20,23-26H2,1-7H3,(H,50,57)/t31-,32+,41-,42+,43+,47+,48+,49-,50-;28-,29+,38-,39+,40+,44+,45+,46-,47-/m00/s1. The summed E-state index contributed by atoms with van der Waals surface area (Å²) in [6.45, 7) is 17.5. The molecule has 30 heteroatoms. The highest BCUT2D eigenvalue weighted by Gasteiger charge is 2.80. The average molecular weight is 1760 g/mol. The number of aromatic amines is 2. The van der Waals surface area contributed by atoms with E-state index < -0.39 is 128 Å². The summed E-state index contributed by atoms with van der Waals surface area (Å²) in [4.78, 5) is 104. The van der Waals surface area contributed by atoms with Crippen molar-refractivity contribution < 1.29 is 94.4 Å². The van der Waals surface area contributed by atoms with Gasteiger partial charge < -0.3 is 88.3 Å². The van der Waals surface area contributed by atoms with Crippen LogP contribution in [0.1, 0.15) is 152 Å². The number of fused-ring (bicyclic) bond motifs is 12. The molecule has 10 aliphatic heterocycles. The number of aromatic nitrogens is 2. The number of methoxy groups -OCH3 is 5. The summed E-state index contributed by atoms with van der Waals surface area (Å²) in [6, 6.07) is 21.8. The first-order valence-corrected chi connectivity index (χ1v) is 45.3. The maximum atomic E-state index is 15.4. The predicted octanol–water partition coefficient (Wildman–Crippen LogP) is 11.6. The summed E-state index contributed by atoms with van der Waals surface area (Å²) in [7, 11) is 11.0. The highest BCUT2D eigenvalue weighted by Crippen LogP contribution is 2.71. The lowest BCUT2D eigenvalue weighted by Crippen LogP contribution is -2.81. The molecule has 4 bridgehead atoms. The normalized spacial score (nSPS) is 34.3. The zero-order valence-electron chi connectivity index (χ0n) is 75.7. The number of para-hydroxylation sites is 2. The number of benzene rings is 4. The van der Waals surface area contributed by atoms with Crippen LogP contribution in [0.4, 0.5) is 38.5 Å². The van der Waals surface area contributed by atoms with Gasteiger partial charge in [-0.05, 0) is 155 Å². The van der Waals surface area contributed by atoms with Crippen LogP contribution in [0.3, 0.4) is 0 Å². The average Bonchev–Trinajstić information content (AvgIpc) is 1.46. The van der Waals surface area contributed by atoms with Gasteiger partial charge >= 0.3 is 36.1 Å². The Hall–Kier alpha value is -9.46. The lowest BCUT2D eigenvalue weighted by atomic mass is 9.47. The Bertz CT molecular complexity index is 5380. The molecule has 2 saturated carbocycles. The third kappa shape index (κ3) is 13.6. The number of alkyl halides is 4. The number of nitrogens with one attached hydrogen (secondary N) is 4. The second-order valence-electron chi connectivity index (χ2n) is 39.2. The molecule has 2 amide bonds. The number of anilines is 2. The number of nitrogens with zero attached hydrogens (tertiary/aromatic N) is 6. The van der Waals surface area contributed by atoms with Gasteiger partial charge in [0.1, 0.15) is 45.7 Å². The molecule has 2 aliphatic carbocycles. The van der Waals surface area contributed by atoms with E-state index in [9.17, 15) is 29.4 Å². The minimum Gasteiger partial charge on any atom is -0.496 e. The fraction of sp³-hybridized carbons (Fsp3) is 0.608. The molecule has 2 spiro atoms. The van der Waals surface area contributed by atoms with Crippen molar-refractivity contribution in [1.29, 1.82) is 0 Å². The SMILES string of the molecule is CC[C@]12C=CCN3CC[C@@]4(c5cc([C@@]6(C(=O)OC)C[C@@H]7C[C@@H](C(C)(F)F)CN(CCc8c6[nH]c6ccccc86)C7)c(OC)cc5N(C)[C@H]4[C@@](O)(CNC(=O)OC)[C@@H]1OC(C)=O)[C@@H]32.CC[C@]12C=CCN3CC[C@@]4(c5cc([C@@]6(C(=O)OC)C[C@@H]7C[C@@H](C(C)(F)F)CN(CCc8c6[nH]c6ccccc86)C7)c(OC)cc5N(C)[C@H]4[C@@](O)(CNC(=O)OCC(C)C)[C@@H]1OC(C)=O)[C@@H]32. The van der Waals surface area contributed by atoms with Gasteiger partial charge in [-0.2, -0.15) is 0 Å². The van der Waals surface area contributed by atoms with Crippen molar-refractivity contribution in [1.82, 2.24) is 40.2 Å². The Balaban J connectivity index is 0.000000179. The molecule has 6 fully saturated rings. The first kappa shape index (κ1) is 89.5. The van der Waals surface area contributed by atoms with Crippen molar-refractivity contribution in [3.8, 4) is 11.5 Å². The topological polar surface area (TPSA) is 292 Å². The molecular formula is C97H124F4N10O16. The molecule has 20 atom stereocenters. The first-order chi connectivity index (χ1) is 60.4. The van der Waals surface area contributed by atoms with E-state index in [2.05, 4.69) is 76.6 Å². The molecule has 12 aliphatic rings. The van der Waals surface area contributed by atoms with E-state index >= 15 is 27.2 Å².